The Hall–Kier alpha value is -2.32. The zero-order chi connectivity index (χ0) is 22.9. The van der Waals surface area contributed by atoms with Crippen LogP contribution in [0.2, 0.25) is 0 Å². The molecule has 6 rings (SSSR count). The number of amides is 1. The average Bonchev–Trinajstić information content (AvgIpc) is 3.63. The highest BCUT2D eigenvalue weighted by molar-refractivity contribution is 7.99. The number of carbonyl (C=O) groups is 1. The summed E-state index contributed by atoms with van der Waals surface area (Å²) in [4.78, 5) is 18.8. The molecule has 1 aromatic carbocycles. The molecule has 3 fully saturated rings. The SMILES string of the molecule is O=C(CSc1nnc(-c2c[nH]c3ccccc23)n1CC1CCCO1)N1CCCC2CCCCC21. The summed E-state index contributed by atoms with van der Waals surface area (Å²) in [5, 5.41) is 11.1. The van der Waals surface area contributed by atoms with Crippen LogP contribution in [0.1, 0.15) is 51.4 Å². The van der Waals surface area contributed by atoms with Crippen molar-refractivity contribution < 1.29 is 9.53 Å². The molecular weight excluding hydrogens is 446 g/mol. The summed E-state index contributed by atoms with van der Waals surface area (Å²) >= 11 is 1.53. The maximum Gasteiger partial charge on any atom is 0.233 e. The van der Waals surface area contributed by atoms with Crippen LogP contribution in [0.15, 0.2) is 35.6 Å². The molecule has 3 atom stereocenters. The van der Waals surface area contributed by atoms with E-state index in [1.807, 2.05) is 18.3 Å². The number of ether oxygens (including phenoxy) is 1. The average molecular weight is 480 g/mol. The molecule has 4 heterocycles. The van der Waals surface area contributed by atoms with Crippen LogP contribution in [0.25, 0.3) is 22.3 Å². The van der Waals surface area contributed by atoms with Gasteiger partial charge in [0.1, 0.15) is 0 Å². The zero-order valence-corrected chi connectivity index (χ0v) is 20.4. The van der Waals surface area contributed by atoms with Crippen LogP contribution in [-0.4, -0.2) is 61.6 Å². The Morgan fingerprint density at radius 2 is 1.97 bits per heavy atom. The van der Waals surface area contributed by atoms with Gasteiger partial charge in [0, 0.05) is 41.9 Å². The summed E-state index contributed by atoms with van der Waals surface area (Å²) in [6.07, 6.45) is 11.8. The molecule has 2 aromatic heterocycles. The number of nitrogens with zero attached hydrogens (tertiary/aromatic N) is 4. The fourth-order valence-electron chi connectivity index (χ4n) is 6.15. The van der Waals surface area contributed by atoms with E-state index in [4.69, 9.17) is 4.74 Å². The number of hydrogen-bond donors (Lipinski definition) is 1. The van der Waals surface area contributed by atoms with E-state index in [0.29, 0.717) is 24.3 Å². The number of para-hydroxylation sites is 1. The lowest BCUT2D eigenvalue weighted by molar-refractivity contribution is -0.134. The lowest BCUT2D eigenvalue weighted by Crippen LogP contribution is -2.50. The predicted molar refractivity (Wildman–Crippen MR) is 134 cm³/mol. The van der Waals surface area contributed by atoms with Crippen LogP contribution in [0.3, 0.4) is 0 Å². The Kier molecular flexibility index (Phi) is 6.35. The van der Waals surface area contributed by atoms with Gasteiger partial charge in [0.05, 0.1) is 18.4 Å². The summed E-state index contributed by atoms with van der Waals surface area (Å²) in [6, 6.07) is 8.71. The van der Waals surface area contributed by atoms with Gasteiger partial charge in [0.2, 0.25) is 5.91 Å². The number of likely N-dealkylation sites (tertiary alicyclic amines) is 1. The molecule has 180 valence electrons. The smallest absolute Gasteiger partial charge is 0.233 e. The third kappa shape index (κ3) is 4.26. The summed E-state index contributed by atoms with van der Waals surface area (Å²) in [6.45, 7) is 2.43. The van der Waals surface area contributed by atoms with Crippen LogP contribution in [0.5, 0.6) is 0 Å². The number of thioether (sulfide) groups is 1. The lowest BCUT2D eigenvalue weighted by Gasteiger charge is -2.44. The monoisotopic (exact) mass is 479 g/mol. The van der Waals surface area contributed by atoms with Crippen molar-refractivity contribution in [3.8, 4) is 11.4 Å². The van der Waals surface area contributed by atoms with Gasteiger partial charge < -0.3 is 14.6 Å². The molecule has 1 aliphatic carbocycles. The van der Waals surface area contributed by atoms with Gasteiger partial charge in [-0.1, -0.05) is 42.8 Å². The molecule has 7 nitrogen and oxygen atoms in total. The van der Waals surface area contributed by atoms with Crippen LogP contribution in [0, 0.1) is 5.92 Å². The van der Waals surface area contributed by atoms with Gasteiger partial charge in [0.25, 0.3) is 0 Å². The number of benzene rings is 1. The first kappa shape index (κ1) is 22.2. The molecule has 3 aliphatic rings. The number of hydrogen-bond acceptors (Lipinski definition) is 5. The molecule has 2 aliphatic heterocycles. The lowest BCUT2D eigenvalue weighted by atomic mass is 9.78. The number of fused-ring (bicyclic) bond motifs is 2. The highest BCUT2D eigenvalue weighted by Crippen LogP contribution is 2.36. The fourth-order valence-corrected chi connectivity index (χ4v) is 6.99. The number of aromatic amines is 1. The van der Waals surface area contributed by atoms with Gasteiger partial charge in [0.15, 0.2) is 11.0 Å². The van der Waals surface area contributed by atoms with Crippen LogP contribution < -0.4 is 0 Å². The highest BCUT2D eigenvalue weighted by Gasteiger charge is 2.35. The second kappa shape index (κ2) is 9.74. The second-order valence-electron chi connectivity index (χ2n) is 9.93. The molecule has 0 radical (unpaired) electrons. The highest BCUT2D eigenvalue weighted by atomic mass is 32.2. The number of H-pyrrole nitrogens is 1. The molecule has 3 aromatic rings. The molecule has 1 amide bonds. The Balaban J connectivity index is 1.24. The molecule has 0 bridgehead atoms. The van der Waals surface area contributed by atoms with Gasteiger partial charge in [-0.05, 0) is 50.5 Å². The Morgan fingerprint density at radius 1 is 1.09 bits per heavy atom. The molecule has 3 unspecified atom stereocenters. The first-order valence-electron chi connectivity index (χ1n) is 12.8. The number of aromatic nitrogens is 4. The van der Waals surface area contributed by atoms with E-state index in [1.54, 1.807) is 0 Å². The van der Waals surface area contributed by atoms with Crippen molar-refractivity contribution in [3.05, 3.63) is 30.5 Å². The minimum atomic E-state index is 0.167. The minimum Gasteiger partial charge on any atom is -0.376 e. The van der Waals surface area contributed by atoms with E-state index in [1.165, 1.54) is 43.9 Å². The van der Waals surface area contributed by atoms with Crippen molar-refractivity contribution >= 4 is 28.6 Å². The number of nitrogens with one attached hydrogen (secondary N) is 1. The maximum atomic E-state index is 13.3. The topological polar surface area (TPSA) is 76.0 Å². The van der Waals surface area contributed by atoms with Crippen molar-refractivity contribution in [2.45, 2.75) is 75.2 Å². The number of piperidine rings is 1. The molecule has 1 saturated carbocycles. The molecular formula is C26H33N5O2S. The number of rotatable bonds is 6. The van der Waals surface area contributed by atoms with Gasteiger partial charge in [-0.3, -0.25) is 9.36 Å². The second-order valence-corrected chi connectivity index (χ2v) is 10.9. The third-order valence-electron chi connectivity index (χ3n) is 7.85. The van der Waals surface area contributed by atoms with Crippen LogP contribution in [-0.2, 0) is 16.1 Å². The van der Waals surface area contributed by atoms with Crippen molar-refractivity contribution in [2.75, 3.05) is 18.9 Å². The Morgan fingerprint density at radius 3 is 2.88 bits per heavy atom. The summed E-state index contributed by atoms with van der Waals surface area (Å²) in [5.74, 6) is 2.21. The Bertz CT molecular complexity index is 1150. The maximum absolute atomic E-state index is 13.3. The first-order valence-corrected chi connectivity index (χ1v) is 13.8. The zero-order valence-electron chi connectivity index (χ0n) is 19.6. The number of carbonyl (C=O) groups excluding carboxylic acids is 1. The first-order chi connectivity index (χ1) is 16.8. The summed E-state index contributed by atoms with van der Waals surface area (Å²) in [7, 11) is 0. The van der Waals surface area contributed by atoms with Gasteiger partial charge in [-0.15, -0.1) is 10.2 Å². The van der Waals surface area contributed by atoms with E-state index < -0.39 is 0 Å². The molecule has 34 heavy (non-hydrogen) atoms. The van der Waals surface area contributed by atoms with E-state index in [9.17, 15) is 4.79 Å². The normalized spacial score (nSPS) is 25.1. The predicted octanol–water partition coefficient (Wildman–Crippen LogP) is 4.88. The standard InChI is InChI=1S/C26H33N5O2S/c32-24(30-13-5-8-18-7-1-4-12-23(18)30)17-34-26-29-28-25(31(26)16-19-9-6-14-33-19)21-15-27-22-11-3-2-10-20(21)22/h2-3,10-11,15,18-19,23,27H,1,4-9,12-14,16-17H2. The van der Waals surface area contributed by atoms with E-state index in [-0.39, 0.29) is 12.0 Å². The Labute approximate surface area is 204 Å². The van der Waals surface area contributed by atoms with Crippen LogP contribution in [0.4, 0.5) is 0 Å². The molecule has 1 N–H and O–H groups in total. The van der Waals surface area contributed by atoms with E-state index >= 15 is 0 Å². The van der Waals surface area contributed by atoms with Gasteiger partial charge in [-0.2, -0.15) is 0 Å². The molecule has 0 spiro atoms. The van der Waals surface area contributed by atoms with E-state index in [0.717, 1.165) is 59.9 Å². The summed E-state index contributed by atoms with van der Waals surface area (Å²) < 4.78 is 8.12. The summed E-state index contributed by atoms with van der Waals surface area (Å²) in [5.41, 5.74) is 2.13. The minimum absolute atomic E-state index is 0.167. The van der Waals surface area contributed by atoms with Crippen molar-refractivity contribution in [1.29, 1.82) is 0 Å². The third-order valence-corrected chi connectivity index (χ3v) is 8.80. The fraction of sp³-hybridized carbons (Fsp3) is 0.577. The van der Waals surface area contributed by atoms with Gasteiger partial charge >= 0.3 is 0 Å². The van der Waals surface area contributed by atoms with Crippen molar-refractivity contribution in [3.63, 3.8) is 0 Å². The van der Waals surface area contributed by atoms with Crippen LogP contribution >= 0.6 is 11.8 Å². The van der Waals surface area contributed by atoms with Gasteiger partial charge in [-0.25, -0.2) is 0 Å². The molecule has 8 heteroatoms. The van der Waals surface area contributed by atoms with Crippen molar-refractivity contribution in [1.82, 2.24) is 24.6 Å². The van der Waals surface area contributed by atoms with E-state index in [2.05, 4.69) is 36.8 Å². The van der Waals surface area contributed by atoms with Crippen molar-refractivity contribution in [2.24, 2.45) is 5.92 Å². The largest absolute Gasteiger partial charge is 0.376 e. The quantitative estimate of drug-likeness (QED) is 0.510. The molecule has 2 saturated heterocycles.